The molecule has 0 aromatic heterocycles. The number of ether oxygens (including phenoxy) is 1. The number of rotatable bonds is 5. The first-order valence-corrected chi connectivity index (χ1v) is 4.91. The number of nitro benzene ring substituents is 1. The van der Waals surface area contributed by atoms with Gasteiger partial charge in [0, 0.05) is 19.0 Å². The van der Waals surface area contributed by atoms with E-state index < -0.39 is 4.92 Å². The van der Waals surface area contributed by atoms with E-state index in [1.54, 1.807) is 0 Å². The Bertz CT molecular complexity index is 434. The number of non-ortho nitro benzene ring substituents is 1. The SMILES string of the molecule is COc1cc([N+](=O)[O-])ccc1NC(=O)CCN. The van der Waals surface area contributed by atoms with Crippen LogP contribution >= 0.6 is 0 Å². The van der Waals surface area contributed by atoms with Crippen molar-refractivity contribution in [3.63, 3.8) is 0 Å². The molecule has 7 heteroatoms. The number of benzene rings is 1. The summed E-state index contributed by atoms with van der Waals surface area (Å²) >= 11 is 0. The number of nitrogens with one attached hydrogen (secondary N) is 1. The molecule has 1 amide bonds. The highest BCUT2D eigenvalue weighted by molar-refractivity contribution is 5.92. The van der Waals surface area contributed by atoms with Gasteiger partial charge in [0.05, 0.1) is 23.8 Å². The molecule has 0 heterocycles. The number of carbonyl (C=O) groups excluding carboxylic acids is 1. The molecule has 1 rings (SSSR count). The van der Waals surface area contributed by atoms with Crippen LogP contribution in [0.3, 0.4) is 0 Å². The molecule has 92 valence electrons. The van der Waals surface area contributed by atoms with Gasteiger partial charge in [-0.3, -0.25) is 14.9 Å². The van der Waals surface area contributed by atoms with Crippen molar-refractivity contribution in [2.75, 3.05) is 19.0 Å². The fourth-order valence-corrected chi connectivity index (χ4v) is 1.24. The fraction of sp³-hybridized carbons (Fsp3) is 0.300. The molecule has 0 bridgehead atoms. The predicted octanol–water partition coefficient (Wildman–Crippen LogP) is 0.891. The first kappa shape index (κ1) is 12.9. The Hall–Kier alpha value is -2.15. The maximum atomic E-state index is 11.3. The number of carbonyl (C=O) groups is 1. The largest absolute Gasteiger partial charge is 0.494 e. The van der Waals surface area contributed by atoms with Gasteiger partial charge < -0.3 is 15.8 Å². The minimum absolute atomic E-state index is 0.0985. The van der Waals surface area contributed by atoms with E-state index in [9.17, 15) is 14.9 Å². The number of hydrogen-bond acceptors (Lipinski definition) is 5. The summed E-state index contributed by atoms with van der Waals surface area (Å²) in [6.45, 7) is 0.237. The number of nitrogens with two attached hydrogens (primary N) is 1. The molecule has 1 aromatic rings. The topological polar surface area (TPSA) is 107 Å². The molecule has 17 heavy (non-hydrogen) atoms. The Labute approximate surface area is 97.7 Å². The van der Waals surface area contributed by atoms with E-state index in [4.69, 9.17) is 10.5 Å². The van der Waals surface area contributed by atoms with E-state index in [0.717, 1.165) is 0 Å². The average molecular weight is 239 g/mol. The lowest BCUT2D eigenvalue weighted by atomic mass is 10.2. The quantitative estimate of drug-likeness (QED) is 0.586. The monoisotopic (exact) mass is 239 g/mol. The van der Waals surface area contributed by atoms with Gasteiger partial charge in [0.1, 0.15) is 5.75 Å². The third-order valence-electron chi connectivity index (χ3n) is 2.04. The summed E-state index contributed by atoms with van der Waals surface area (Å²) < 4.78 is 4.96. The average Bonchev–Trinajstić information content (AvgIpc) is 2.29. The minimum Gasteiger partial charge on any atom is -0.494 e. The van der Waals surface area contributed by atoms with Crippen LogP contribution in [-0.4, -0.2) is 24.5 Å². The van der Waals surface area contributed by atoms with Crippen LogP contribution in [0.5, 0.6) is 5.75 Å². The van der Waals surface area contributed by atoms with Crippen LogP contribution in [0.2, 0.25) is 0 Å². The second kappa shape index (κ2) is 5.80. The summed E-state index contributed by atoms with van der Waals surface area (Å²) in [6.07, 6.45) is 0.181. The molecular weight excluding hydrogens is 226 g/mol. The third-order valence-corrected chi connectivity index (χ3v) is 2.04. The molecule has 0 unspecified atom stereocenters. The Morgan fingerprint density at radius 1 is 1.59 bits per heavy atom. The highest BCUT2D eigenvalue weighted by atomic mass is 16.6. The van der Waals surface area contributed by atoms with Crippen LogP contribution < -0.4 is 15.8 Å². The molecule has 1 aromatic carbocycles. The molecule has 0 aliphatic heterocycles. The van der Waals surface area contributed by atoms with E-state index in [1.165, 1.54) is 25.3 Å². The van der Waals surface area contributed by atoms with Gasteiger partial charge in [0.2, 0.25) is 5.91 Å². The van der Waals surface area contributed by atoms with Crippen LogP contribution in [0.1, 0.15) is 6.42 Å². The predicted molar refractivity (Wildman–Crippen MR) is 61.9 cm³/mol. The Kier molecular flexibility index (Phi) is 4.41. The number of anilines is 1. The van der Waals surface area contributed by atoms with E-state index in [-0.39, 0.29) is 30.3 Å². The van der Waals surface area contributed by atoms with Gasteiger partial charge in [-0.15, -0.1) is 0 Å². The zero-order valence-electron chi connectivity index (χ0n) is 9.30. The zero-order chi connectivity index (χ0) is 12.8. The summed E-state index contributed by atoms with van der Waals surface area (Å²) in [5.41, 5.74) is 5.52. The lowest BCUT2D eigenvalue weighted by Crippen LogP contribution is -2.16. The second-order valence-electron chi connectivity index (χ2n) is 3.23. The molecule has 0 fully saturated rings. The van der Waals surface area contributed by atoms with Crippen LogP contribution in [0.25, 0.3) is 0 Å². The van der Waals surface area contributed by atoms with E-state index in [1.807, 2.05) is 0 Å². The van der Waals surface area contributed by atoms with Gasteiger partial charge in [-0.25, -0.2) is 0 Å². The molecular formula is C10H13N3O4. The number of amides is 1. The number of methoxy groups -OCH3 is 1. The van der Waals surface area contributed by atoms with Crippen molar-refractivity contribution in [1.29, 1.82) is 0 Å². The lowest BCUT2D eigenvalue weighted by molar-refractivity contribution is -0.384. The molecule has 0 saturated carbocycles. The van der Waals surface area contributed by atoms with Crippen LogP contribution in [-0.2, 0) is 4.79 Å². The lowest BCUT2D eigenvalue weighted by Gasteiger charge is -2.09. The van der Waals surface area contributed by atoms with Gasteiger partial charge in [-0.05, 0) is 6.07 Å². The van der Waals surface area contributed by atoms with Gasteiger partial charge in [0.25, 0.3) is 5.69 Å². The molecule has 7 nitrogen and oxygen atoms in total. The smallest absolute Gasteiger partial charge is 0.273 e. The molecule has 0 radical (unpaired) electrons. The van der Waals surface area contributed by atoms with Gasteiger partial charge in [0.15, 0.2) is 0 Å². The van der Waals surface area contributed by atoms with Gasteiger partial charge in [-0.1, -0.05) is 0 Å². The highest BCUT2D eigenvalue weighted by Gasteiger charge is 2.12. The van der Waals surface area contributed by atoms with Crippen molar-refractivity contribution in [1.82, 2.24) is 0 Å². The van der Waals surface area contributed by atoms with Crippen molar-refractivity contribution in [2.24, 2.45) is 5.73 Å². The van der Waals surface area contributed by atoms with Crippen molar-refractivity contribution >= 4 is 17.3 Å². The van der Waals surface area contributed by atoms with Crippen LogP contribution in [0, 0.1) is 10.1 Å². The van der Waals surface area contributed by atoms with Crippen molar-refractivity contribution < 1.29 is 14.5 Å². The summed E-state index contributed by atoms with van der Waals surface area (Å²) in [5, 5.41) is 13.1. The summed E-state index contributed by atoms with van der Waals surface area (Å²) in [5.74, 6) is -0.0239. The Balaban J connectivity index is 2.92. The molecule has 0 atom stereocenters. The Morgan fingerprint density at radius 2 is 2.29 bits per heavy atom. The molecule has 0 spiro atoms. The fourth-order valence-electron chi connectivity index (χ4n) is 1.24. The Morgan fingerprint density at radius 3 is 2.82 bits per heavy atom. The number of hydrogen-bond donors (Lipinski definition) is 2. The van der Waals surface area contributed by atoms with Crippen LogP contribution in [0.4, 0.5) is 11.4 Å². The summed E-state index contributed by atoms with van der Waals surface area (Å²) in [4.78, 5) is 21.3. The van der Waals surface area contributed by atoms with Gasteiger partial charge in [-0.2, -0.15) is 0 Å². The summed E-state index contributed by atoms with van der Waals surface area (Å²) in [6, 6.07) is 3.96. The molecule has 0 aliphatic rings. The first-order valence-electron chi connectivity index (χ1n) is 4.91. The maximum Gasteiger partial charge on any atom is 0.273 e. The maximum absolute atomic E-state index is 11.3. The van der Waals surface area contributed by atoms with E-state index >= 15 is 0 Å². The number of nitrogens with zero attached hydrogens (tertiary/aromatic N) is 1. The van der Waals surface area contributed by atoms with Crippen LogP contribution in [0.15, 0.2) is 18.2 Å². The standard InChI is InChI=1S/C10H13N3O4/c1-17-9-6-7(13(15)16)2-3-8(9)12-10(14)4-5-11/h2-3,6H,4-5,11H2,1H3,(H,12,14). The number of nitro groups is 1. The summed E-state index contributed by atoms with van der Waals surface area (Å²) in [7, 11) is 1.37. The zero-order valence-corrected chi connectivity index (χ0v) is 9.30. The van der Waals surface area contributed by atoms with E-state index in [0.29, 0.717) is 5.69 Å². The van der Waals surface area contributed by atoms with Crippen molar-refractivity contribution in [2.45, 2.75) is 6.42 Å². The molecule has 3 N–H and O–H groups in total. The van der Waals surface area contributed by atoms with Gasteiger partial charge >= 0.3 is 0 Å². The first-order chi connectivity index (χ1) is 8.08. The normalized spacial score (nSPS) is 9.76. The highest BCUT2D eigenvalue weighted by Crippen LogP contribution is 2.28. The molecule has 0 aliphatic carbocycles. The van der Waals surface area contributed by atoms with Crippen molar-refractivity contribution in [3.8, 4) is 5.75 Å². The van der Waals surface area contributed by atoms with E-state index in [2.05, 4.69) is 5.32 Å². The minimum atomic E-state index is -0.534. The molecule has 0 saturated heterocycles. The van der Waals surface area contributed by atoms with Crippen molar-refractivity contribution in [3.05, 3.63) is 28.3 Å². The second-order valence-corrected chi connectivity index (χ2v) is 3.23. The third kappa shape index (κ3) is 3.42.